The van der Waals surface area contributed by atoms with Crippen molar-refractivity contribution in [1.29, 1.82) is 0 Å². The highest BCUT2D eigenvalue weighted by Gasteiger charge is 2.13. The van der Waals surface area contributed by atoms with Crippen LogP contribution >= 0.6 is 0 Å². The largest absolute Gasteiger partial charge is 0.348 e. The Morgan fingerprint density at radius 3 is 2.56 bits per heavy atom. The zero-order chi connectivity index (χ0) is 18.5. The lowest BCUT2D eigenvalue weighted by atomic mass is 9.97. The Hall–Kier alpha value is -3.13. The number of aromatic nitrogens is 2. The summed E-state index contributed by atoms with van der Waals surface area (Å²) < 4.78 is 4.53. The number of fused-ring (bicyclic) bond motifs is 4. The zero-order valence-corrected chi connectivity index (χ0v) is 16.0. The maximum atomic E-state index is 2.35. The molecule has 0 unspecified atom stereocenters. The van der Waals surface area contributed by atoms with Crippen LogP contribution in [0.2, 0.25) is 0 Å². The Bertz CT molecular complexity index is 1330. The van der Waals surface area contributed by atoms with Crippen LogP contribution < -0.4 is 4.57 Å². The first kappa shape index (κ1) is 16.1. The van der Waals surface area contributed by atoms with Crippen LogP contribution in [0.4, 0.5) is 0 Å². The second-order valence-corrected chi connectivity index (χ2v) is 7.39. The summed E-state index contributed by atoms with van der Waals surface area (Å²) in [6, 6.07) is 22.4. The summed E-state index contributed by atoms with van der Waals surface area (Å²) >= 11 is 0. The van der Waals surface area contributed by atoms with Crippen LogP contribution in [0.5, 0.6) is 0 Å². The molecule has 2 nitrogen and oxygen atoms in total. The van der Waals surface area contributed by atoms with Gasteiger partial charge in [-0.2, -0.15) is 0 Å². The number of pyridine rings is 1. The first-order valence-electron chi connectivity index (χ1n) is 9.56. The molecule has 0 spiro atoms. The van der Waals surface area contributed by atoms with Crippen LogP contribution in [0.1, 0.15) is 12.5 Å². The molecule has 5 rings (SSSR count). The minimum absolute atomic E-state index is 0.990. The SMILES string of the molecule is CCn1ccc2ccc(-c3ccc4c(c3)c3c(C)cccc3c[n+]4C)cc21. The second-order valence-electron chi connectivity index (χ2n) is 7.39. The number of hydrogen-bond acceptors (Lipinski definition) is 0. The molecule has 0 amide bonds. The summed E-state index contributed by atoms with van der Waals surface area (Å²) in [5, 5.41) is 5.26. The van der Waals surface area contributed by atoms with Gasteiger partial charge in [-0.05, 0) is 66.3 Å². The Morgan fingerprint density at radius 1 is 0.889 bits per heavy atom. The molecule has 0 bridgehead atoms. The average molecular weight is 351 g/mol. The van der Waals surface area contributed by atoms with Gasteiger partial charge in [-0.3, -0.25) is 0 Å². The number of rotatable bonds is 2. The Labute approximate surface area is 159 Å². The molecular weight excluding hydrogens is 328 g/mol. The fourth-order valence-corrected chi connectivity index (χ4v) is 4.31. The van der Waals surface area contributed by atoms with Gasteiger partial charge in [0, 0.05) is 35.1 Å². The van der Waals surface area contributed by atoms with Gasteiger partial charge < -0.3 is 4.57 Å². The minimum Gasteiger partial charge on any atom is -0.348 e. The van der Waals surface area contributed by atoms with E-state index in [2.05, 4.69) is 103 Å². The summed E-state index contributed by atoms with van der Waals surface area (Å²) in [4.78, 5) is 0. The van der Waals surface area contributed by atoms with Gasteiger partial charge in [0.2, 0.25) is 5.52 Å². The first-order valence-corrected chi connectivity index (χ1v) is 9.56. The van der Waals surface area contributed by atoms with E-state index in [-0.39, 0.29) is 0 Å². The van der Waals surface area contributed by atoms with Gasteiger partial charge >= 0.3 is 0 Å². The van der Waals surface area contributed by atoms with Crippen LogP contribution in [-0.2, 0) is 13.6 Å². The Kier molecular flexibility index (Phi) is 3.54. The molecule has 0 aliphatic rings. The van der Waals surface area contributed by atoms with Crippen LogP contribution in [-0.4, -0.2) is 4.57 Å². The predicted molar refractivity (Wildman–Crippen MR) is 114 cm³/mol. The first-order chi connectivity index (χ1) is 13.2. The summed E-state index contributed by atoms with van der Waals surface area (Å²) in [7, 11) is 2.13. The van der Waals surface area contributed by atoms with Crippen molar-refractivity contribution in [3.05, 3.63) is 78.6 Å². The van der Waals surface area contributed by atoms with Crippen LogP contribution in [0.3, 0.4) is 0 Å². The van der Waals surface area contributed by atoms with Gasteiger partial charge in [0.1, 0.15) is 7.05 Å². The van der Waals surface area contributed by atoms with Crippen LogP contribution in [0, 0.1) is 6.92 Å². The van der Waals surface area contributed by atoms with E-state index in [1.807, 2.05) is 0 Å². The summed E-state index contributed by atoms with van der Waals surface area (Å²) in [5.74, 6) is 0. The van der Waals surface area contributed by atoms with Crippen molar-refractivity contribution in [3.63, 3.8) is 0 Å². The molecule has 0 atom stereocenters. The van der Waals surface area contributed by atoms with Gasteiger partial charge in [0.15, 0.2) is 6.20 Å². The highest BCUT2D eigenvalue weighted by Crippen LogP contribution is 2.31. The van der Waals surface area contributed by atoms with Crippen molar-refractivity contribution >= 4 is 32.6 Å². The third-order valence-electron chi connectivity index (χ3n) is 5.73. The van der Waals surface area contributed by atoms with E-state index < -0.39 is 0 Å². The monoisotopic (exact) mass is 351 g/mol. The molecule has 0 aliphatic heterocycles. The molecule has 0 saturated heterocycles. The lowest BCUT2D eigenvalue weighted by Crippen LogP contribution is -2.28. The summed E-state index contributed by atoms with van der Waals surface area (Å²) in [5.41, 5.74) is 6.42. The average Bonchev–Trinajstić information content (AvgIpc) is 3.10. The molecule has 2 heterocycles. The standard InChI is InChI=1S/C25H23N2/c1-4-27-13-12-18-8-9-20(15-24(18)27)19-10-11-23-22(14-19)25-17(2)6-5-7-21(25)16-26(23)3/h5-16H,4H2,1-3H3/q+1. The van der Waals surface area contributed by atoms with Crippen molar-refractivity contribution in [2.24, 2.45) is 7.05 Å². The molecule has 132 valence electrons. The lowest BCUT2D eigenvalue weighted by molar-refractivity contribution is -0.643. The van der Waals surface area contributed by atoms with E-state index in [0.717, 1.165) is 6.54 Å². The normalized spacial score (nSPS) is 11.7. The lowest BCUT2D eigenvalue weighted by Gasteiger charge is -2.09. The second kappa shape index (κ2) is 5.95. The predicted octanol–water partition coefficient (Wildman–Crippen LogP) is 5.77. The van der Waals surface area contributed by atoms with E-state index in [9.17, 15) is 0 Å². The maximum absolute atomic E-state index is 2.35. The van der Waals surface area contributed by atoms with Crippen LogP contribution in [0.25, 0.3) is 43.7 Å². The molecule has 3 aromatic carbocycles. The quantitative estimate of drug-likeness (QED) is 0.282. The van der Waals surface area contributed by atoms with Gasteiger partial charge in [-0.15, -0.1) is 0 Å². The van der Waals surface area contributed by atoms with Gasteiger partial charge in [-0.1, -0.05) is 24.3 Å². The molecule has 2 heteroatoms. The number of benzene rings is 3. The third kappa shape index (κ3) is 2.44. The van der Waals surface area contributed by atoms with Crippen molar-refractivity contribution in [2.75, 3.05) is 0 Å². The van der Waals surface area contributed by atoms with E-state index >= 15 is 0 Å². The minimum atomic E-state index is 0.990. The maximum Gasteiger partial charge on any atom is 0.212 e. The Balaban J connectivity index is 1.80. The van der Waals surface area contributed by atoms with Gasteiger partial charge in [-0.25, -0.2) is 4.57 Å². The molecule has 0 saturated carbocycles. The van der Waals surface area contributed by atoms with E-state index in [1.54, 1.807) is 0 Å². The van der Waals surface area contributed by atoms with E-state index in [4.69, 9.17) is 0 Å². The smallest absolute Gasteiger partial charge is 0.212 e. The molecule has 0 radical (unpaired) electrons. The van der Waals surface area contributed by atoms with Gasteiger partial charge in [0.05, 0.1) is 5.39 Å². The highest BCUT2D eigenvalue weighted by molar-refractivity contribution is 6.07. The fourth-order valence-electron chi connectivity index (χ4n) is 4.31. The molecular formula is C25H23N2+. The fraction of sp³-hybridized carbons (Fsp3) is 0.160. The van der Waals surface area contributed by atoms with Crippen molar-refractivity contribution < 1.29 is 4.57 Å². The summed E-state index contributed by atoms with van der Waals surface area (Å²) in [6.07, 6.45) is 4.40. The number of aryl methyl sites for hydroxylation is 3. The van der Waals surface area contributed by atoms with Crippen LogP contribution in [0.15, 0.2) is 73.1 Å². The molecule has 27 heavy (non-hydrogen) atoms. The molecule has 0 N–H and O–H groups in total. The topological polar surface area (TPSA) is 8.81 Å². The van der Waals surface area contributed by atoms with Crippen molar-refractivity contribution in [1.82, 2.24) is 4.57 Å². The van der Waals surface area contributed by atoms with Crippen molar-refractivity contribution in [3.8, 4) is 11.1 Å². The zero-order valence-electron chi connectivity index (χ0n) is 16.0. The number of nitrogens with zero attached hydrogens (tertiary/aromatic N) is 2. The molecule has 5 aromatic rings. The molecule has 2 aromatic heterocycles. The third-order valence-corrected chi connectivity index (χ3v) is 5.73. The summed E-state index contributed by atoms with van der Waals surface area (Å²) in [6.45, 7) is 5.38. The van der Waals surface area contributed by atoms with E-state index in [1.165, 1.54) is 49.3 Å². The van der Waals surface area contributed by atoms with Gasteiger partial charge in [0.25, 0.3) is 0 Å². The highest BCUT2D eigenvalue weighted by atomic mass is 14.9. The number of hydrogen-bond donors (Lipinski definition) is 0. The van der Waals surface area contributed by atoms with E-state index in [0.29, 0.717) is 0 Å². The van der Waals surface area contributed by atoms with Crippen molar-refractivity contribution in [2.45, 2.75) is 20.4 Å². The Morgan fingerprint density at radius 2 is 1.70 bits per heavy atom. The molecule has 0 fully saturated rings. The molecule has 0 aliphatic carbocycles.